The van der Waals surface area contributed by atoms with E-state index in [-0.39, 0.29) is 11.8 Å². The number of hydrogen-bond donors (Lipinski definition) is 2. The number of rotatable bonds is 9. The van der Waals surface area contributed by atoms with Gasteiger partial charge in [0.2, 0.25) is 0 Å². The lowest BCUT2D eigenvalue weighted by Crippen LogP contribution is -2.25. The second-order valence-electron chi connectivity index (χ2n) is 7.08. The van der Waals surface area contributed by atoms with Crippen molar-refractivity contribution in [2.24, 2.45) is 11.7 Å². The van der Waals surface area contributed by atoms with E-state index in [0.29, 0.717) is 24.4 Å². The van der Waals surface area contributed by atoms with Crippen LogP contribution in [0.3, 0.4) is 0 Å². The highest BCUT2D eigenvalue weighted by Gasteiger charge is 2.09. The average Bonchev–Trinajstić information content (AvgIpc) is 2.69. The number of para-hydroxylation sites is 1. The number of carbonyl (C=O) groups excluding carboxylic acids is 1. The third kappa shape index (κ3) is 7.12. The van der Waals surface area contributed by atoms with Gasteiger partial charge in [-0.1, -0.05) is 49.4 Å². The van der Waals surface area contributed by atoms with Crippen LogP contribution in [0, 0.1) is 12.8 Å². The molecule has 0 bridgehead atoms. The van der Waals surface area contributed by atoms with E-state index in [2.05, 4.69) is 5.32 Å². The Morgan fingerprint density at radius 2 is 1.86 bits per heavy atom. The van der Waals surface area contributed by atoms with Gasteiger partial charge < -0.3 is 20.5 Å². The van der Waals surface area contributed by atoms with Crippen LogP contribution >= 0.6 is 0 Å². The highest BCUT2D eigenvalue weighted by molar-refractivity contribution is 5.96. The molecule has 5 heteroatoms. The summed E-state index contributed by atoms with van der Waals surface area (Å²) in [5, 5.41) is 2.91. The Labute approximate surface area is 173 Å². The Kier molecular flexibility index (Phi) is 8.49. The molecule has 29 heavy (non-hydrogen) atoms. The average molecular weight is 395 g/mol. The van der Waals surface area contributed by atoms with Crippen molar-refractivity contribution in [2.45, 2.75) is 27.3 Å². The summed E-state index contributed by atoms with van der Waals surface area (Å²) in [5.41, 5.74) is 8.88. The van der Waals surface area contributed by atoms with Gasteiger partial charge in [-0.2, -0.15) is 0 Å². The largest absolute Gasteiger partial charge is 0.457 e. The first kappa shape index (κ1) is 22.2. The lowest BCUT2D eigenvalue weighted by Gasteiger charge is -2.11. The molecule has 2 aromatic rings. The minimum Gasteiger partial charge on any atom is -0.457 e. The number of benzene rings is 2. The molecule has 0 saturated heterocycles. The summed E-state index contributed by atoms with van der Waals surface area (Å²) in [6.07, 6.45) is 3.68. The van der Waals surface area contributed by atoms with Gasteiger partial charge in [-0.05, 0) is 49.1 Å². The van der Waals surface area contributed by atoms with Crippen molar-refractivity contribution in [1.82, 2.24) is 5.32 Å². The molecule has 154 valence electrons. The maximum absolute atomic E-state index is 12.5. The maximum atomic E-state index is 12.5. The maximum Gasteiger partial charge on any atom is 0.253 e. The van der Waals surface area contributed by atoms with E-state index in [1.807, 2.05) is 68.5 Å². The normalized spacial score (nSPS) is 13.1. The number of aryl methyl sites for hydroxylation is 1. The van der Waals surface area contributed by atoms with E-state index < -0.39 is 0 Å². The molecule has 5 nitrogen and oxygen atoms in total. The summed E-state index contributed by atoms with van der Waals surface area (Å²) in [7, 11) is 1.65. The van der Waals surface area contributed by atoms with Crippen LogP contribution in [0.1, 0.15) is 25.0 Å². The number of methoxy groups -OCH3 is 1. The van der Waals surface area contributed by atoms with E-state index >= 15 is 0 Å². The van der Waals surface area contributed by atoms with Gasteiger partial charge in [-0.25, -0.2) is 0 Å². The first-order chi connectivity index (χ1) is 13.9. The van der Waals surface area contributed by atoms with Gasteiger partial charge in [0, 0.05) is 19.4 Å². The summed E-state index contributed by atoms with van der Waals surface area (Å²) in [6, 6.07) is 15.5. The summed E-state index contributed by atoms with van der Waals surface area (Å²) in [5.74, 6) is 1.58. The second-order valence-corrected chi connectivity index (χ2v) is 7.08. The zero-order valence-corrected chi connectivity index (χ0v) is 17.6. The molecular formula is C24H30N2O3. The van der Waals surface area contributed by atoms with Crippen molar-refractivity contribution in [3.63, 3.8) is 0 Å². The molecule has 0 radical (unpaired) electrons. The molecule has 0 fully saturated rings. The zero-order valence-electron chi connectivity index (χ0n) is 17.6. The first-order valence-corrected chi connectivity index (χ1v) is 9.64. The fraction of sp³-hybridized carbons (Fsp3) is 0.292. The molecule has 0 spiro atoms. The van der Waals surface area contributed by atoms with Crippen LogP contribution in [-0.4, -0.2) is 19.6 Å². The summed E-state index contributed by atoms with van der Waals surface area (Å²) in [6.45, 7) is 6.74. The molecule has 3 N–H and O–H groups in total. The number of nitrogens with two attached hydrogens (primary N) is 1. The fourth-order valence-corrected chi connectivity index (χ4v) is 2.72. The Morgan fingerprint density at radius 3 is 2.48 bits per heavy atom. The third-order valence-electron chi connectivity index (χ3n) is 4.39. The molecule has 0 aromatic heterocycles. The molecule has 0 heterocycles. The SMILES string of the molecule is COCC(C)/C=C\C(C(=O)NCc1ccc(Oc2ccccc2C)cc1)=C(/C)N. The molecular weight excluding hydrogens is 364 g/mol. The molecule has 0 aliphatic rings. The monoisotopic (exact) mass is 394 g/mol. The Hall–Kier alpha value is -3.05. The van der Waals surface area contributed by atoms with Gasteiger partial charge in [-0.15, -0.1) is 0 Å². The molecule has 0 aliphatic carbocycles. The first-order valence-electron chi connectivity index (χ1n) is 9.64. The van der Waals surface area contributed by atoms with Gasteiger partial charge in [-0.3, -0.25) is 4.79 Å². The van der Waals surface area contributed by atoms with Crippen molar-refractivity contribution in [3.05, 3.63) is 83.1 Å². The summed E-state index contributed by atoms with van der Waals surface area (Å²) in [4.78, 5) is 12.5. The van der Waals surface area contributed by atoms with Gasteiger partial charge in [0.25, 0.3) is 5.91 Å². The smallest absolute Gasteiger partial charge is 0.253 e. The Balaban J connectivity index is 1.95. The van der Waals surface area contributed by atoms with E-state index in [0.717, 1.165) is 22.6 Å². The third-order valence-corrected chi connectivity index (χ3v) is 4.39. The van der Waals surface area contributed by atoms with Gasteiger partial charge in [0.1, 0.15) is 11.5 Å². The molecule has 1 amide bonds. The summed E-state index contributed by atoms with van der Waals surface area (Å²) < 4.78 is 11.0. The van der Waals surface area contributed by atoms with Crippen molar-refractivity contribution in [1.29, 1.82) is 0 Å². The van der Waals surface area contributed by atoms with Gasteiger partial charge >= 0.3 is 0 Å². The van der Waals surface area contributed by atoms with E-state index in [1.54, 1.807) is 20.1 Å². The standard InChI is InChI=1S/C24H30N2O3/c1-17(16-28-4)9-14-22(19(3)25)24(27)26-15-20-10-12-21(13-11-20)29-23-8-6-5-7-18(23)2/h5-14,17H,15-16,25H2,1-4H3,(H,26,27)/b14-9-,22-19-. The van der Waals surface area contributed by atoms with Crippen LogP contribution in [0.4, 0.5) is 0 Å². The number of amides is 1. The topological polar surface area (TPSA) is 73.6 Å². The van der Waals surface area contributed by atoms with Crippen LogP contribution in [-0.2, 0) is 16.1 Å². The minimum absolute atomic E-state index is 0.197. The molecule has 1 atom stereocenters. The molecule has 2 rings (SSSR count). The fourth-order valence-electron chi connectivity index (χ4n) is 2.72. The van der Waals surface area contributed by atoms with Crippen molar-refractivity contribution < 1.29 is 14.3 Å². The van der Waals surface area contributed by atoms with E-state index in [9.17, 15) is 4.79 Å². The highest BCUT2D eigenvalue weighted by Crippen LogP contribution is 2.24. The van der Waals surface area contributed by atoms with Crippen LogP contribution < -0.4 is 15.8 Å². The minimum atomic E-state index is -0.203. The second kappa shape index (κ2) is 11.1. The Morgan fingerprint density at radius 1 is 1.17 bits per heavy atom. The zero-order chi connectivity index (χ0) is 21.2. The number of carbonyl (C=O) groups is 1. The van der Waals surface area contributed by atoms with Gasteiger partial charge in [0.15, 0.2) is 0 Å². The number of ether oxygens (including phenoxy) is 2. The quantitative estimate of drug-likeness (QED) is 0.486. The molecule has 0 saturated carbocycles. The number of nitrogens with one attached hydrogen (secondary N) is 1. The Bertz CT molecular complexity index is 866. The summed E-state index contributed by atoms with van der Waals surface area (Å²) >= 11 is 0. The van der Waals surface area contributed by atoms with Crippen molar-refractivity contribution in [3.8, 4) is 11.5 Å². The van der Waals surface area contributed by atoms with Crippen LogP contribution in [0.2, 0.25) is 0 Å². The molecule has 1 unspecified atom stereocenters. The predicted octanol–water partition coefficient (Wildman–Crippen LogP) is 4.47. The highest BCUT2D eigenvalue weighted by atomic mass is 16.5. The van der Waals surface area contributed by atoms with Gasteiger partial charge in [0.05, 0.1) is 12.2 Å². The van der Waals surface area contributed by atoms with Crippen LogP contribution in [0.15, 0.2) is 72.0 Å². The van der Waals surface area contributed by atoms with E-state index in [4.69, 9.17) is 15.2 Å². The van der Waals surface area contributed by atoms with E-state index in [1.165, 1.54) is 0 Å². The molecule has 0 aliphatic heterocycles. The number of hydrogen-bond acceptors (Lipinski definition) is 4. The van der Waals surface area contributed by atoms with Crippen LogP contribution in [0.5, 0.6) is 11.5 Å². The lowest BCUT2D eigenvalue weighted by atomic mass is 10.1. The van der Waals surface area contributed by atoms with Crippen LogP contribution in [0.25, 0.3) is 0 Å². The van der Waals surface area contributed by atoms with Crippen molar-refractivity contribution >= 4 is 5.91 Å². The number of allylic oxidation sites excluding steroid dienone is 1. The predicted molar refractivity (Wildman–Crippen MR) is 117 cm³/mol. The molecule has 2 aromatic carbocycles. The lowest BCUT2D eigenvalue weighted by molar-refractivity contribution is -0.117. The van der Waals surface area contributed by atoms with Crippen molar-refractivity contribution in [2.75, 3.05) is 13.7 Å².